The number of anilines is 1. The highest BCUT2D eigenvalue weighted by Crippen LogP contribution is 2.27. The molecule has 4 nitrogen and oxygen atoms in total. The monoisotopic (exact) mass is 368 g/mol. The highest BCUT2D eigenvalue weighted by atomic mass is 35.5. The minimum Gasteiger partial charge on any atom is -0.497 e. The SMILES string of the molecule is COc1ccc([C@H](CC(=O)Nc2cccc(Cl)c2C)n2cccc2)cc1. The highest BCUT2D eigenvalue weighted by Gasteiger charge is 2.18. The van der Waals surface area contributed by atoms with Gasteiger partial charge in [0.25, 0.3) is 0 Å². The quantitative estimate of drug-likeness (QED) is 0.659. The Bertz CT molecular complexity index is 874. The lowest BCUT2D eigenvalue weighted by molar-refractivity contribution is -0.116. The first-order valence-electron chi connectivity index (χ1n) is 8.40. The Labute approximate surface area is 158 Å². The van der Waals surface area contributed by atoms with Crippen LogP contribution >= 0.6 is 11.6 Å². The summed E-state index contributed by atoms with van der Waals surface area (Å²) in [7, 11) is 1.64. The smallest absolute Gasteiger partial charge is 0.226 e. The largest absolute Gasteiger partial charge is 0.497 e. The van der Waals surface area contributed by atoms with Crippen LogP contribution in [0.2, 0.25) is 5.02 Å². The van der Waals surface area contributed by atoms with Gasteiger partial charge in [-0.15, -0.1) is 0 Å². The van der Waals surface area contributed by atoms with Gasteiger partial charge in [-0.3, -0.25) is 4.79 Å². The van der Waals surface area contributed by atoms with Gasteiger partial charge in [0.2, 0.25) is 5.91 Å². The van der Waals surface area contributed by atoms with Crippen LogP contribution in [0.15, 0.2) is 67.0 Å². The first-order valence-corrected chi connectivity index (χ1v) is 8.77. The number of carbonyl (C=O) groups is 1. The first-order chi connectivity index (χ1) is 12.6. The summed E-state index contributed by atoms with van der Waals surface area (Å²) in [5.41, 5.74) is 2.65. The minimum absolute atomic E-state index is 0.0649. The summed E-state index contributed by atoms with van der Waals surface area (Å²) in [6.45, 7) is 1.89. The number of amides is 1. The molecule has 0 unspecified atom stereocenters. The summed E-state index contributed by atoms with van der Waals surface area (Å²) >= 11 is 6.14. The molecule has 0 aliphatic heterocycles. The molecule has 0 spiro atoms. The van der Waals surface area contributed by atoms with Gasteiger partial charge in [0.15, 0.2) is 0 Å². The van der Waals surface area contributed by atoms with Crippen LogP contribution in [-0.2, 0) is 4.79 Å². The summed E-state index contributed by atoms with van der Waals surface area (Å²) in [6.07, 6.45) is 4.24. The van der Waals surface area contributed by atoms with Crippen molar-refractivity contribution in [2.75, 3.05) is 12.4 Å². The Balaban J connectivity index is 1.81. The zero-order valence-corrected chi connectivity index (χ0v) is 15.5. The van der Waals surface area contributed by atoms with Crippen molar-refractivity contribution in [3.63, 3.8) is 0 Å². The van der Waals surface area contributed by atoms with Crippen molar-refractivity contribution in [2.24, 2.45) is 0 Å². The van der Waals surface area contributed by atoms with Gasteiger partial charge in [-0.25, -0.2) is 0 Å². The molecule has 1 amide bonds. The predicted molar refractivity (Wildman–Crippen MR) is 105 cm³/mol. The van der Waals surface area contributed by atoms with Gasteiger partial charge in [0, 0.05) is 23.1 Å². The summed E-state index contributed by atoms with van der Waals surface area (Å²) in [5, 5.41) is 3.61. The molecule has 0 aliphatic rings. The van der Waals surface area contributed by atoms with Crippen molar-refractivity contribution in [1.29, 1.82) is 0 Å². The molecule has 1 atom stereocenters. The van der Waals surface area contributed by atoms with E-state index in [1.165, 1.54) is 0 Å². The molecule has 3 rings (SSSR count). The summed E-state index contributed by atoms with van der Waals surface area (Å²) < 4.78 is 7.26. The molecular formula is C21H21ClN2O2. The van der Waals surface area contributed by atoms with Gasteiger partial charge in [-0.1, -0.05) is 29.8 Å². The van der Waals surface area contributed by atoms with E-state index in [-0.39, 0.29) is 11.9 Å². The van der Waals surface area contributed by atoms with Gasteiger partial charge >= 0.3 is 0 Å². The number of aromatic nitrogens is 1. The summed E-state index contributed by atoms with van der Waals surface area (Å²) in [6, 6.07) is 17.1. The molecule has 2 aromatic carbocycles. The van der Waals surface area contributed by atoms with E-state index in [1.807, 2.05) is 78.5 Å². The lowest BCUT2D eigenvalue weighted by atomic mass is 10.0. The molecule has 0 bridgehead atoms. The number of nitrogens with one attached hydrogen (secondary N) is 1. The van der Waals surface area contributed by atoms with Crippen LogP contribution in [0.4, 0.5) is 5.69 Å². The average Bonchev–Trinajstić information content (AvgIpc) is 3.18. The zero-order chi connectivity index (χ0) is 18.5. The number of nitrogens with zero attached hydrogens (tertiary/aromatic N) is 1. The fourth-order valence-electron chi connectivity index (χ4n) is 2.90. The van der Waals surface area contributed by atoms with Crippen LogP contribution in [0.3, 0.4) is 0 Å². The summed E-state index contributed by atoms with van der Waals surface area (Å²) in [4.78, 5) is 12.7. The summed E-state index contributed by atoms with van der Waals surface area (Å²) in [5.74, 6) is 0.726. The van der Waals surface area contributed by atoms with Crippen LogP contribution in [-0.4, -0.2) is 17.6 Å². The fourth-order valence-corrected chi connectivity index (χ4v) is 3.07. The molecule has 1 N–H and O–H groups in total. The number of hydrogen-bond acceptors (Lipinski definition) is 2. The van der Waals surface area contributed by atoms with Crippen molar-refractivity contribution < 1.29 is 9.53 Å². The Morgan fingerprint density at radius 3 is 2.46 bits per heavy atom. The molecular weight excluding hydrogens is 348 g/mol. The molecule has 1 aromatic heterocycles. The Morgan fingerprint density at radius 1 is 1.12 bits per heavy atom. The van der Waals surface area contributed by atoms with Crippen molar-refractivity contribution in [3.8, 4) is 5.75 Å². The molecule has 1 heterocycles. The number of rotatable bonds is 6. The molecule has 3 aromatic rings. The van der Waals surface area contributed by atoms with Gasteiger partial charge in [-0.2, -0.15) is 0 Å². The lowest BCUT2D eigenvalue weighted by Crippen LogP contribution is -2.20. The Hall–Kier alpha value is -2.72. The Morgan fingerprint density at radius 2 is 1.81 bits per heavy atom. The standard InChI is InChI=1S/C21H21ClN2O2/c1-15-18(22)6-5-7-19(15)23-21(25)14-20(24-12-3-4-13-24)16-8-10-17(26-2)11-9-16/h3-13,20H,14H2,1-2H3,(H,23,25)/t20-/m0/s1. The fraction of sp³-hybridized carbons (Fsp3) is 0.190. The van der Waals surface area contributed by atoms with E-state index in [1.54, 1.807) is 7.11 Å². The van der Waals surface area contributed by atoms with Crippen LogP contribution in [0, 0.1) is 6.92 Å². The first kappa shape index (κ1) is 18.1. The van der Waals surface area contributed by atoms with Crippen molar-refractivity contribution in [2.45, 2.75) is 19.4 Å². The number of halogens is 1. The minimum atomic E-state index is -0.101. The molecule has 0 aliphatic carbocycles. The third-order valence-electron chi connectivity index (χ3n) is 4.41. The molecule has 0 saturated heterocycles. The lowest BCUT2D eigenvalue weighted by Gasteiger charge is -2.20. The molecule has 0 radical (unpaired) electrons. The van der Waals surface area contributed by atoms with Crippen molar-refractivity contribution >= 4 is 23.2 Å². The third kappa shape index (κ3) is 4.09. The molecule has 0 saturated carbocycles. The molecule has 0 fully saturated rings. The van der Waals surface area contributed by atoms with E-state index in [2.05, 4.69) is 5.32 Å². The maximum atomic E-state index is 12.7. The number of benzene rings is 2. The number of ether oxygens (including phenoxy) is 1. The highest BCUT2D eigenvalue weighted by molar-refractivity contribution is 6.31. The number of carbonyl (C=O) groups excluding carboxylic acids is 1. The normalized spacial score (nSPS) is 11.8. The topological polar surface area (TPSA) is 43.3 Å². The maximum Gasteiger partial charge on any atom is 0.226 e. The predicted octanol–water partition coefficient (Wildman–Crippen LogP) is 5.08. The second-order valence-corrected chi connectivity index (χ2v) is 6.49. The van der Waals surface area contributed by atoms with E-state index in [4.69, 9.17) is 16.3 Å². The van der Waals surface area contributed by atoms with Gasteiger partial charge < -0.3 is 14.6 Å². The van der Waals surface area contributed by atoms with Crippen LogP contribution in [0.1, 0.15) is 23.6 Å². The van der Waals surface area contributed by atoms with Crippen LogP contribution in [0.5, 0.6) is 5.75 Å². The molecule has 5 heteroatoms. The Kier molecular flexibility index (Phi) is 5.64. The van der Waals surface area contributed by atoms with Crippen LogP contribution < -0.4 is 10.1 Å². The number of methoxy groups -OCH3 is 1. The van der Waals surface area contributed by atoms with Gasteiger partial charge in [0.1, 0.15) is 5.75 Å². The zero-order valence-electron chi connectivity index (χ0n) is 14.8. The van der Waals surface area contributed by atoms with Gasteiger partial charge in [-0.05, 0) is 54.4 Å². The second-order valence-electron chi connectivity index (χ2n) is 6.08. The van der Waals surface area contributed by atoms with E-state index in [0.29, 0.717) is 11.4 Å². The number of hydrogen-bond donors (Lipinski definition) is 1. The van der Waals surface area contributed by atoms with Crippen molar-refractivity contribution in [3.05, 3.63) is 83.1 Å². The van der Waals surface area contributed by atoms with E-state index in [0.717, 1.165) is 22.6 Å². The van der Waals surface area contributed by atoms with Crippen LogP contribution in [0.25, 0.3) is 0 Å². The average molecular weight is 369 g/mol. The van der Waals surface area contributed by atoms with Crippen molar-refractivity contribution in [1.82, 2.24) is 4.57 Å². The van der Waals surface area contributed by atoms with Gasteiger partial charge in [0.05, 0.1) is 19.6 Å². The third-order valence-corrected chi connectivity index (χ3v) is 4.82. The van der Waals surface area contributed by atoms with E-state index >= 15 is 0 Å². The van der Waals surface area contributed by atoms with E-state index in [9.17, 15) is 4.79 Å². The molecule has 26 heavy (non-hydrogen) atoms. The molecule has 134 valence electrons. The second kappa shape index (κ2) is 8.11. The van der Waals surface area contributed by atoms with E-state index < -0.39 is 0 Å². The maximum absolute atomic E-state index is 12.7.